The maximum absolute atomic E-state index is 12.5. The first-order valence-corrected chi connectivity index (χ1v) is 11.4. The SMILES string of the molecule is N#Cc1c(NC(=O)CSc2nnnn2-c2ccc(Cl)cc2)sc2c1CCCCC2. The highest BCUT2D eigenvalue weighted by atomic mass is 35.5. The first-order chi connectivity index (χ1) is 14.2. The molecule has 7 nitrogen and oxygen atoms in total. The van der Waals surface area contributed by atoms with Crippen LogP contribution < -0.4 is 5.32 Å². The van der Waals surface area contributed by atoms with Gasteiger partial charge in [0.1, 0.15) is 11.1 Å². The van der Waals surface area contributed by atoms with E-state index in [1.165, 1.54) is 34.4 Å². The molecule has 3 aromatic rings. The molecule has 2 aromatic heterocycles. The Morgan fingerprint density at radius 1 is 1.28 bits per heavy atom. The molecule has 1 N–H and O–H groups in total. The summed E-state index contributed by atoms with van der Waals surface area (Å²) in [5.74, 6) is -0.0462. The summed E-state index contributed by atoms with van der Waals surface area (Å²) in [5, 5.41) is 26.0. The average molecular weight is 445 g/mol. The molecular weight excluding hydrogens is 428 g/mol. The molecule has 2 heterocycles. The maximum Gasteiger partial charge on any atom is 0.235 e. The third-order valence-corrected chi connectivity index (χ3v) is 7.01. The van der Waals surface area contributed by atoms with Gasteiger partial charge >= 0.3 is 0 Å². The smallest absolute Gasteiger partial charge is 0.235 e. The minimum absolute atomic E-state index is 0.140. The summed E-state index contributed by atoms with van der Waals surface area (Å²) in [6.07, 6.45) is 5.31. The van der Waals surface area contributed by atoms with Crippen molar-refractivity contribution in [3.63, 3.8) is 0 Å². The molecular formula is C19H17ClN6OS2. The van der Waals surface area contributed by atoms with Crippen LogP contribution in [0.15, 0.2) is 29.4 Å². The van der Waals surface area contributed by atoms with E-state index in [4.69, 9.17) is 11.6 Å². The predicted octanol–water partition coefficient (Wildman–Crippen LogP) is 4.25. The number of nitrogens with zero attached hydrogens (tertiary/aromatic N) is 5. The van der Waals surface area contributed by atoms with Gasteiger partial charge < -0.3 is 5.32 Å². The number of halogens is 1. The molecule has 0 unspecified atom stereocenters. The molecule has 0 atom stereocenters. The van der Waals surface area contributed by atoms with Gasteiger partial charge in [-0.25, -0.2) is 0 Å². The summed E-state index contributed by atoms with van der Waals surface area (Å²) in [4.78, 5) is 13.7. The monoisotopic (exact) mass is 444 g/mol. The van der Waals surface area contributed by atoms with Gasteiger partial charge in [0.05, 0.1) is 17.0 Å². The van der Waals surface area contributed by atoms with Crippen LogP contribution in [0.25, 0.3) is 5.69 Å². The molecule has 10 heteroatoms. The van der Waals surface area contributed by atoms with Crippen molar-refractivity contribution in [3.8, 4) is 11.8 Å². The number of hydrogen-bond acceptors (Lipinski definition) is 7. The lowest BCUT2D eigenvalue weighted by molar-refractivity contribution is -0.113. The normalized spacial score (nSPS) is 13.4. The largest absolute Gasteiger partial charge is 0.316 e. The number of thiophene rings is 1. The number of thioether (sulfide) groups is 1. The van der Waals surface area contributed by atoms with Crippen molar-refractivity contribution in [1.82, 2.24) is 20.2 Å². The Morgan fingerprint density at radius 2 is 2.07 bits per heavy atom. The first-order valence-electron chi connectivity index (χ1n) is 9.17. The van der Waals surface area contributed by atoms with Crippen LogP contribution in [-0.2, 0) is 17.6 Å². The third kappa shape index (κ3) is 4.45. The number of aromatic nitrogens is 4. The van der Waals surface area contributed by atoms with Crippen LogP contribution in [0.1, 0.15) is 35.3 Å². The number of tetrazole rings is 1. The third-order valence-electron chi connectivity index (χ3n) is 4.63. The van der Waals surface area contributed by atoms with Gasteiger partial charge in [-0.3, -0.25) is 4.79 Å². The predicted molar refractivity (Wildman–Crippen MR) is 114 cm³/mol. The minimum atomic E-state index is -0.187. The molecule has 29 heavy (non-hydrogen) atoms. The summed E-state index contributed by atoms with van der Waals surface area (Å²) < 4.78 is 1.56. The van der Waals surface area contributed by atoms with Crippen LogP contribution in [0.3, 0.4) is 0 Å². The van der Waals surface area contributed by atoms with Crippen molar-refractivity contribution in [2.75, 3.05) is 11.1 Å². The van der Waals surface area contributed by atoms with E-state index in [-0.39, 0.29) is 11.7 Å². The molecule has 0 spiro atoms. The Kier molecular flexibility index (Phi) is 6.13. The lowest BCUT2D eigenvalue weighted by Crippen LogP contribution is -2.14. The molecule has 1 aromatic carbocycles. The van der Waals surface area contributed by atoms with E-state index in [1.807, 2.05) is 0 Å². The van der Waals surface area contributed by atoms with Crippen molar-refractivity contribution in [1.29, 1.82) is 5.26 Å². The number of nitriles is 1. The molecule has 0 radical (unpaired) electrons. The molecule has 1 amide bonds. The quantitative estimate of drug-likeness (QED) is 0.466. The number of nitrogens with one attached hydrogen (secondary N) is 1. The molecule has 0 aliphatic heterocycles. The minimum Gasteiger partial charge on any atom is -0.316 e. The van der Waals surface area contributed by atoms with Crippen molar-refractivity contribution in [2.24, 2.45) is 0 Å². The van der Waals surface area contributed by atoms with E-state index >= 15 is 0 Å². The van der Waals surface area contributed by atoms with E-state index in [1.54, 1.807) is 28.9 Å². The van der Waals surface area contributed by atoms with Gasteiger partial charge in [0.25, 0.3) is 0 Å². The number of carbonyl (C=O) groups excluding carboxylic acids is 1. The summed E-state index contributed by atoms with van der Waals surface area (Å²) in [6, 6.07) is 9.40. The summed E-state index contributed by atoms with van der Waals surface area (Å²) >= 11 is 8.69. The number of hydrogen-bond donors (Lipinski definition) is 1. The molecule has 148 valence electrons. The molecule has 0 saturated heterocycles. The lowest BCUT2D eigenvalue weighted by atomic mass is 10.1. The summed E-state index contributed by atoms with van der Waals surface area (Å²) in [5.41, 5.74) is 2.50. The summed E-state index contributed by atoms with van der Waals surface area (Å²) in [6.45, 7) is 0. The zero-order valence-corrected chi connectivity index (χ0v) is 17.8. The fraction of sp³-hybridized carbons (Fsp3) is 0.316. The van der Waals surface area contributed by atoms with Crippen molar-refractivity contribution in [3.05, 3.63) is 45.3 Å². The summed E-state index contributed by atoms with van der Waals surface area (Å²) in [7, 11) is 0. The second kappa shape index (κ2) is 8.95. The number of aryl methyl sites for hydroxylation is 1. The average Bonchev–Trinajstić information content (AvgIpc) is 3.24. The second-order valence-corrected chi connectivity index (χ2v) is 9.05. The number of amides is 1. The number of fused-ring (bicyclic) bond motifs is 1. The van der Waals surface area contributed by atoms with E-state index < -0.39 is 0 Å². The highest BCUT2D eigenvalue weighted by Crippen LogP contribution is 2.37. The highest BCUT2D eigenvalue weighted by molar-refractivity contribution is 7.99. The van der Waals surface area contributed by atoms with Crippen LogP contribution in [0.5, 0.6) is 0 Å². The number of anilines is 1. The van der Waals surface area contributed by atoms with Crippen LogP contribution >= 0.6 is 34.7 Å². The Morgan fingerprint density at radius 3 is 2.86 bits per heavy atom. The molecule has 0 saturated carbocycles. The number of carbonyl (C=O) groups is 1. The Bertz CT molecular complexity index is 1070. The Labute approximate surface area is 181 Å². The first kappa shape index (κ1) is 19.9. The Hall–Kier alpha value is -2.41. The van der Waals surface area contributed by atoms with Gasteiger partial charge in [0, 0.05) is 9.90 Å². The van der Waals surface area contributed by atoms with E-state index in [0.29, 0.717) is 20.7 Å². The van der Waals surface area contributed by atoms with Crippen LogP contribution in [0, 0.1) is 11.3 Å². The van der Waals surface area contributed by atoms with Crippen molar-refractivity contribution < 1.29 is 4.79 Å². The van der Waals surface area contributed by atoms with Crippen LogP contribution in [0.2, 0.25) is 5.02 Å². The van der Waals surface area contributed by atoms with E-state index in [9.17, 15) is 10.1 Å². The van der Waals surface area contributed by atoms with Crippen molar-refractivity contribution in [2.45, 2.75) is 37.3 Å². The Balaban J connectivity index is 1.44. The second-order valence-electron chi connectivity index (χ2n) is 6.57. The van der Waals surface area contributed by atoms with Crippen molar-refractivity contribution >= 4 is 45.6 Å². The highest BCUT2D eigenvalue weighted by Gasteiger charge is 2.21. The van der Waals surface area contributed by atoms with E-state index in [2.05, 4.69) is 26.9 Å². The zero-order chi connectivity index (χ0) is 20.2. The molecule has 0 bridgehead atoms. The fourth-order valence-corrected chi connectivity index (χ4v) is 5.33. The topological polar surface area (TPSA) is 96.5 Å². The van der Waals surface area contributed by atoms with Crippen LogP contribution in [-0.4, -0.2) is 31.9 Å². The standard InChI is InChI=1S/C19H17ClN6OS2/c20-12-6-8-13(9-7-12)26-19(23-24-25-26)28-11-17(27)22-18-15(10-21)14-4-2-1-3-5-16(14)29-18/h6-9H,1-5,11H2,(H,22,27). The van der Waals surface area contributed by atoms with Gasteiger partial charge in [0.2, 0.25) is 11.1 Å². The van der Waals surface area contributed by atoms with Gasteiger partial charge in [-0.1, -0.05) is 29.8 Å². The van der Waals surface area contributed by atoms with Gasteiger partial charge in [-0.2, -0.15) is 9.94 Å². The van der Waals surface area contributed by atoms with Gasteiger partial charge in [-0.15, -0.1) is 16.4 Å². The lowest BCUT2D eigenvalue weighted by Gasteiger charge is -2.05. The molecule has 0 fully saturated rings. The fourth-order valence-electron chi connectivity index (χ4n) is 3.26. The number of rotatable bonds is 5. The maximum atomic E-state index is 12.5. The van der Waals surface area contributed by atoms with E-state index in [0.717, 1.165) is 36.9 Å². The van der Waals surface area contributed by atoms with Crippen LogP contribution in [0.4, 0.5) is 5.00 Å². The molecule has 1 aliphatic carbocycles. The molecule has 4 rings (SSSR count). The van der Waals surface area contributed by atoms with Gasteiger partial charge in [0.15, 0.2) is 0 Å². The van der Waals surface area contributed by atoms with Gasteiger partial charge in [-0.05, 0) is 65.9 Å². The number of benzene rings is 1. The zero-order valence-electron chi connectivity index (χ0n) is 15.4. The molecule has 1 aliphatic rings.